The summed E-state index contributed by atoms with van der Waals surface area (Å²) in [4.78, 5) is 17.0. The third kappa shape index (κ3) is 4.31. The molecular formula is C18H27N3O2. The van der Waals surface area contributed by atoms with E-state index in [1.165, 1.54) is 5.56 Å². The van der Waals surface area contributed by atoms with E-state index in [4.69, 9.17) is 4.74 Å². The van der Waals surface area contributed by atoms with E-state index >= 15 is 0 Å². The summed E-state index contributed by atoms with van der Waals surface area (Å²) in [6, 6.07) is 10.7. The van der Waals surface area contributed by atoms with Crippen LogP contribution in [0.1, 0.15) is 12.5 Å². The predicted octanol–water partition coefficient (Wildman–Crippen LogP) is 0.954. The number of benzene rings is 1. The van der Waals surface area contributed by atoms with Crippen LogP contribution in [0.2, 0.25) is 0 Å². The van der Waals surface area contributed by atoms with Crippen molar-refractivity contribution in [2.45, 2.75) is 25.6 Å². The minimum Gasteiger partial charge on any atom is -0.366 e. The molecule has 126 valence electrons. The number of rotatable bonds is 4. The molecule has 0 radical (unpaired) electrons. The number of ether oxygens (including phenoxy) is 1. The number of hydrogen-bond donors (Lipinski definition) is 1. The summed E-state index contributed by atoms with van der Waals surface area (Å²) in [6.07, 6.45) is -0.330. The number of hydrogen-bond acceptors (Lipinski definition) is 4. The Bertz CT molecular complexity index is 522. The highest BCUT2D eigenvalue weighted by atomic mass is 16.5. The number of likely N-dealkylation sites (N-methyl/N-ethyl adjacent to an activating group) is 1. The quantitative estimate of drug-likeness (QED) is 0.898. The van der Waals surface area contributed by atoms with Gasteiger partial charge in [0.15, 0.2) is 0 Å². The van der Waals surface area contributed by atoms with Crippen molar-refractivity contribution in [2.24, 2.45) is 5.92 Å². The summed E-state index contributed by atoms with van der Waals surface area (Å²) in [5.74, 6) is 0.499. The van der Waals surface area contributed by atoms with Crippen LogP contribution in [0.4, 0.5) is 0 Å². The van der Waals surface area contributed by atoms with Gasteiger partial charge in [0.2, 0.25) is 0 Å². The number of nitrogens with zero attached hydrogens (tertiary/aromatic N) is 2. The molecule has 1 N–H and O–H groups in total. The van der Waals surface area contributed by atoms with Crippen molar-refractivity contribution in [3.8, 4) is 0 Å². The van der Waals surface area contributed by atoms with Gasteiger partial charge in [-0.1, -0.05) is 37.3 Å². The van der Waals surface area contributed by atoms with Gasteiger partial charge in [0.25, 0.3) is 5.91 Å². The molecule has 3 rings (SSSR count). The zero-order valence-electron chi connectivity index (χ0n) is 14.1. The molecule has 1 amide bonds. The Kier molecular flexibility index (Phi) is 5.30. The van der Waals surface area contributed by atoms with Gasteiger partial charge in [0, 0.05) is 38.8 Å². The van der Waals surface area contributed by atoms with Gasteiger partial charge >= 0.3 is 0 Å². The molecule has 3 atom stereocenters. The summed E-state index contributed by atoms with van der Waals surface area (Å²) in [7, 11) is 2.03. The van der Waals surface area contributed by atoms with Crippen LogP contribution in [0.15, 0.2) is 30.3 Å². The predicted molar refractivity (Wildman–Crippen MR) is 90.1 cm³/mol. The van der Waals surface area contributed by atoms with E-state index in [1.54, 1.807) is 0 Å². The average Bonchev–Trinajstić information content (AvgIpc) is 2.87. The topological polar surface area (TPSA) is 44.8 Å². The van der Waals surface area contributed by atoms with E-state index in [0.717, 1.165) is 26.2 Å². The Labute approximate surface area is 138 Å². The third-order valence-electron chi connectivity index (χ3n) is 4.83. The first-order chi connectivity index (χ1) is 11.1. The molecule has 0 saturated carbocycles. The molecule has 23 heavy (non-hydrogen) atoms. The number of morpholine rings is 1. The largest absolute Gasteiger partial charge is 0.366 e. The van der Waals surface area contributed by atoms with E-state index in [9.17, 15) is 4.79 Å². The SMILES string of the molecule is CC1CN(Cc2ccccc2)CC1NC(=O)C1CN(C)CCO1. The van der Waals surface area contributed by atoms with E-state index in [1.807, 2.05) is 13.1 Å². The highest BCUT2D eigenvalue weighted by Gasteiger charge is 2.33. The molecule has 2 saturated heterocycles. The minimum absolute atomic E-state index is 0.0370. The minimum atomic E-state index is -0.330. The van der Waals surface area contributed by atoms with Crippen LogP contribution in [0.3, 0.4) is 0 Å². The summed E-state index contributed by atoms with van der Waals surface area (Å²) in [5, 5.41) is 3.20. The van der Waals surface area contributed by atoms with Crippen LogP contribution in [0.25, 0.3) is 0 Å². The maximum Gasteiger partial charge on any atom is 0.250 e. The first-order valence-electron chi connectivity index (χ1n) is 8.48. The maximum absolute atomic E-state index is 12.4. The van der Waals surface area contributed by atoms with Crippen LogP contribution in [-0.4, -0.2) is 67.7 Å². The lowest BCUT2D eigenvalue weighted by atomic mass is 10.1. The number of nitrogens with one attached hydrogen (secondary N) is 1. The van der Waals surface area contributed by atoms with Crippen LogP contribution in [0.5, 0.6) is 0 Å². The molecule has 2 aliphatic rings. The molecule has 2 fully saturated rings. The van der Waals surface area contributed by atoms with Gasteiger partial charge < -0.3 is 15.0 Å². The number of carbonyl (C=O) groups is 1. The summed E-state index contributed by atoms with van der Waals surface area (Å²) >= 11 is 0. The molecule has 2 heterocycles. The van der Waals surface area contributed by atoms with Gasteiger partial charge in [-0.2, -0.15) is 0 Å². The zero-order valence-corrected chi connectivity index (χ0v) is 14.1. The molecule has 1 aromatic rings. The van der Waals surface area contributed by atoms with E-state index in [0.29, 0.717) is 19.1 Å². The summed E-state index contributed by atoms with van der Waals surface area (Å²) < 4.78 is 5.61. The Morgan fingerprint density at radius 3 is 2.78 bits per heavy atom. The fourth-order valence-electron chi connectivity index (χ4n) is 3.44. The lowest BCUT2D eigenvalue weighted by molar-refractivity contribution is -0.138. The first-order valence-corrected chi connectivity index (χ1v) is 8.48. The average molecular weight is 317 g/mol. The molecular weight excluding hydrogens is 290 g/mol. The molecule has 0 spiro atoms. The van der Waals surface area contributed by atoms with Crippen LogP contribution < -0.4 is 5.32 Å². The Balaban J connectivity index is 1.51. The first kappa shape index (κ1) is 16.4. The van der Waals surface area contributed by atoms with Crippen LogP contribution >= 0.6 is 0 Å². The van der Waals surface area contributed by atoms with Gasteiger partial charge in [-0.3, -0.25) is 9.69 Å². The van der Waals surface area contributed by atoms with Crippen molar-refractivity contribution >= 4 is 5.91 Å². The Morgan fingerprint density at radius 1 is 1.26 bits per heavy atom. The molecule has 5 heteroatoms. The number of carbonyl (C=O) groups excluding carboxylic acids is 1. The molecule has 0 aliphatic carbocycles. The van der Waals surface area contributed by atoms with Gasteiger partial charge in [-0.15, -0.1) is 0 Å². The second-order valence-electron chi connectivity index (χ2n) is 6.89. The van der Waals surface area contributed by atoms with Crippen molar-refractivity contribution in [3.05, 3.63) is 35.9 Å². The van der Waals surface area contributed by atoms with Gasteiger partial charge in [0.1, 0.15) is 6.10 Å². The molecule has 1 aromatic carbocycles. The van der Waals surface area contributed by atoms with Crippen molar-refractivity contribution in [3.63, 3.8) is 0 Å². The number of likely N-dealkylation sites (tertiary alicyclic amines) is 1. The lowest BCUT2D eigenvalue weighted by Gasteiger charge is -2.30. The molecule has 3 unspecified atom stereocenters. The smallest absolute Gasteiger partial charge is 0.250 e. The number of amides is 1. The molecule has 0 aromatic heterocycles. The standard InChI is InChI=1S/C18H27N3O2/c1-14-10-21(11-15-6-4-3-5-7-15)12-16(14)19-18(22)17-13-20(2)8-9-23-17/h3-7,14,16-17H,8-13H2,1-2H3,(H,19,22). The van der Waals surface area contributed by atoms with E-state index < -0.39 is 0 Å². The maximum atomic E-state index is 12.4. The summed E-state index contributed by atoms with van der Waals surface area (Å²) in [6.45, 7) is 7.30. The highest BCUT2D eigenvalue weighted by Crippen LogP contribution is 2.19. The third-order valence-corrected chi connectivity index (χ3v) is 4.83. The highest BCUT2D eigenvalue weighted by molar-refractivity contribution is 5.81. The van der Waals surface area contributed by atoms with Crippen LogP contribution in [-0.2, 0) is 16.1 Å². The van der Waals surface area contributed by atoms with Crippen molar-refractivity contribution in [1.82, 2.24) is 15.1 Å². The van der Waals surface area contributed by atoms with Crippen molar-refractivity contribution in [1.29, 1.82) is 0 Å². The molecule has 5 nitrogen and oxygen atoms in total. The zero-order chi connectivity index (χ0) is 16.2. The van der Waals surface area contributed by atoms with Gasteiger partial charge in [0.05, 0.1) is 6.61 Å². The second kappa shape index (κ2) is 7.43. The fourth-order valence-corrected chi connectivity index (χ4v) is 3.44. The summed E-state index contributed by atoms with van der Waals surface area (Å²) in [5.41, 5.74) is 1.32. The van der Waals surface area contributed by atoms with Gasteiger partial charge in [-0.25, -0.2) is 0 Å². The lowest BCUT2D eigenvalue weighted by Crippen LogP contribution is -2.52. The van der Waals surface area contributed by atoms with Gasteiger partial charge in [-0.05, 0) is 18.5 Å². The Morgan fingerprint density at radius 2 is 2.04 bits per heavy atom. The molecule has 0 bridgehead atoms. The fraction of sp³-hybridized carbons (Fsp3) is 0.611. The second-order valence-corrected chi connectivity index (χ2v) is 6.89. The Hall–Kier alpha value is -1.43. The molecule has 2 aliphatic heterocycles. The van der Waals surface area contributed by atoms with E-state index in [-0.39, 0.29) is 18.1 Å². The van der Waals surface area contributed by atoms with Crippen LogP contribution in [0, 0.1) is 5.92 Å². The van der Waals surface area contributed by atoms with Crippen molar-refractivity contribution in [2.75, 3.05) is 39.8 Å². The monoisotopic (exact) mass is 317 g/mol. The van der Waals surface area contributed by atoms with E-state index in [2.05, 4.69) is 46.3 Å². The normalized spacial score (nSPS) is 29.6. The van der Waals surface area contributed by atoms with Crippen molar-refractivity contribution < 1.29 is 9.53 Å².